The van der Waals surface area contributed by atoms with Crippen LogP contribution in [-0.4, -0.2) is 186 Å². The van der Waals surface area contributed by atoms with Crippen molar-refractivity contribution in [3.05, 3.63) is 0 Å². The predicted octanol–water partition coefficient (Wildman–Crippen LogP) is -6.55. The molecule has 0 fully saturated rings. The van der Waals surface area contributed by atoms with E-state index in [2.05, 4.69) is 21.3 Å². The molecule has 0 aliphatic heterocycles. The van der Waals surface area contributed by atoms with Crippen molar-refractivity contribution in [3.63, 3.8) is 0 Å². The van der Waals surface area contributed by atoms with Crippen molar-refractivity contribution in [2.24, 2.45) is 11.8 Å². The van der Waals surface area contributed by atoms with E-state index < -0.39 is 137 Å². The number of carbonyl (C=O) groups is 4. The van der Waals surface area contributed by atoms with Gasteiger partial charge in [0.15, 0.2) is 0 Å². The summed E-state index contributed by atoms with van der Waals surface area (Å²) in [7, 11) is 0. The van der Waals surface area contributed by atoms with Gasteiger partial charge in [0.2, 0.25) is 23.6 Å². The van der Waals surface area contributed by atoms with Crippen LogP contribution in [0.2, 0.25) is 0 Å². The van der Waals surface area contributed by atoms with Crippen molar-refractivity contribution in [1.29, 1.82) is 0 Å². The first kappa shape index (κ1) is 49.4. The Morgan fingerprint density at radius 2 is 0.462 bits per heavy atom. The van der Waals surface area contributed by atoms with Crippen LogP contribution in [0.1, 0.15) is 64.2 Å². The number of hydrogen-bond acceptors (Lipinski definition) is 16. The summed E-state index contributed by atoms with van der Waals surface area (Å²) in [6.45, 7) is -9.94. The highest BCUT2D eigenvalue weighted by atomic mass is 16.3. The van der Waals surface area contributed by atoms with Gasteiger partial charge in [-0.05, 0) is 12.8 Å². The second-order valence-electron chi connectivity index (χ2n) is 13.5. The third kappa shape index (κ3) is 15.0. The van der Waals surface area contributed by atoms with Crippen LogP contribution in [0.5, 0.6) is 0 Å². The number of nitrogens with one attached hydrogen (secondary N) is 4. The van der Waals surface area contributed by atoms with E-state index in [9.17, 15) is 80.5 Å². The minimum Gasteiger partial charge on any atom is -0.394 e. The Kier molecular flexibility index (Phi) is 24.2. The molecule has 0 atom stereocenters. The molecule has 16 N–H and O–H groups in total. The molecule has 0 spiro atoms. The smallest absolute Gasteiger partial charge is 0.233 e. The molecule has 20 nitrogen and oxygen atoms in total. The molecule has 0 aliphatic rings. The van der Waals surface area contributed by atoms with Crippen molar-refractivity contribution in [1.82, 2.24) is 21.3 Å². The lowest BCUT2D eigenvalue weighted by atomic mass is 9.93. The van der Waals surface area contributed by atoms with Crippen LogP contribution in [0.25, 0.3) is 0 Å². The molecule has 0 bridgehead atoms. The summed E-state index contributed by atoms with van der Waals surface area (Å²) in [4.78, 5) is 52.2. The van der Waals surface area contributed by atoms with Crippen molar-refractivity contribution in [3.8, 4) is 0 Å². The van der Waals surface area contributed by atoms with Gasteiger partial charge in [-0.3, -0.25) is 19.2 Å². The lowest BCUT2D eigenvalue weighted by molar-refractivity contribution is -0.141. The van der Waals surface area contributed by atoms with Gasteiger partial charge in [-0.25, -0.2) is 0 Å². The fourth-order valence-corrected chi connectivity index (χ4v) is 4.99. The Balaban J connectivity index is 5.24. The Morgan fingerprint density at radius 3 is 0.615 bits per heavy atom. The molecule has 20 heteroatoms. The fourth-order valence-electron chi connectivity index (χ4n) is 4.99. The van der Waals surface area contributed by atoms with Gasteiger partial charge in [0.05, 0.1) is 79.3 Å². The van der Waals surface area contributed by atoms with E-state index in [0.29, 0.717) is 38.5 Å². The number of carbonyl (C=O) groups excluding carboxylic acids is 4. The highest BCUT2D eigenvalue weighted by molar-refractivity contribution is 6.01. The zero-order chi connectivity index (χ0) is 39.8. The largest absolute Gasteiger partial charge is 0.394 e. The maximum Gasteiger partial charge on any atom is 0.233 e. The minimum absolute atomic E-state index is 0.0197. The SMILES string of the molecule is O=C(NC(CO)(CO)CO)C(CCCCCCCCCCC(C(=O)NC(CO)(CO)CO)C(=O)NC(CO)(CO)CO)C(=O)NC(CO)(CO)CO. The van der Waals surface area contributed by atoms with Crippen LogP contribution in [0.3, 0.4) is 0 Å². The molecule has 0 radical (unpaired) electrons. The average molecular weight is 759 g/mol. The average Bonchev–Trinajstić information content (AvgIpc) is 3.17. The van der Waals surface area contributed by atoms with Crippen LogP contribution >= 0.6 is 0 Å². The van der Waals surface area contributed by atoms with Crippen LogP contribution < -0.4 is 21.3 Å². The third-order valence-corrected chi connectivity index (χ3v) is 9.19. The Labute approximate surface area is 302 Å². The predicted molar refractivity (Wildman–Crippen MR) is 182 cm³/mol. The molecule has 0 aliphatic carbocycles. The number of aliphatic hydroxyl groups excluding tert-OH is 12. The van der Waals surface area contributed by atoms with E-state index in [4.69, 9.17) is 0 Å². The summed E-state index contributed by atoms with van der Waals surface area (Å²) in [5.41, 5.74) is -7.23. The number of hydrogen-bond donors (Lipinski definition) is 16. The van der Waals surface area contributed by atoms with E-state index in [1.807, 2.05) is 0 Å². The minimum atomic E-state index is -1.81. The highest BCUT2D eigenvalue weighted by Crippen LogP contribution is 2.19. The quantitative estimate of drug-likeness (QED) is 0.0231. The van der Waals surface area contributed by atoms with E-state index in [0.717, 1.165) is 12.8 Å². The molecule has 0 heterocycles. The number of unbranched alkanes of at least 4 members (excludes halogenated alkanes) is 7. The van der Waals surface area contributed by atoms with Crippen molar-refractivity contribution in [2.75, 3.05) is 79.3 Å². The molecule has 0 saturated heterocycles. The summed E-state index contributed by atoms with van der Waals surface area (Å²) >= 11 is 0. The van der Waals surface area contributed by atoms with Crippen LogP contribution in [0, 0.1) is 11.8 Å². The van der Waals surface area contributed by atoms with Crippen LogP contribution in [0.15, 0.2) is 0 Å². The van der Waals surface area contributed by atoms with Gasteiger partial charge in [-0.2, -0.15) is 0 Å². The third-order valence-electron chi connectivity index (χ3n) is 9.19. The zero-order valence-electron chi connectivity index (χ0n) is 29.7. The Morgan fingerprint density at radius 1 is 0.308 bits per heavy atom. The molecule has 306 valence electrons. The highest BCUT2D eigenvalue weighted by Gasteiger charge is 2.40. The van der Waals surface area contributed by atoms with Crippen LogP contribution in [-0.2, 0) is 19.2 Å². The molecular formula is C32H62N4O16. The van der Waals surface area contributed by atoms with E-state index in [-0.39, 0.29) is 12.8 Å². The summed E-state index contributed by atoms with van der Waals surface area (Å²) in [5, 5.41) is 124. The lowest BCUT2D eigenvalue weighted by Gasteiger charge is -2.33. The van der Waals surface area contributed by atoms with Crippen molar-refractivity contribution < 1.29 is 80.5 Å². The van der Waals surface area contributed by atoms with Gasteiger partial charge >= 0.3 is 0 Å². The molecule has 52 heavy (non-hydrogen) atoms. The maximum atomic E-state index is 13.0. The normalized spacial score (nSPS) is 12.7. The molecular weight excluding hydrogens is 696 g/mol. The molecule has 0 saturated carbocycles. The van der Waals surface area contributed by atoms with Crippen molar-refractivity contribution >= 4 is 23.6 Å². The first-order valence-corrected chi connectivity index (χ1v) is 17.3. The number of amides is 4. The standard InChI is InChI=1S/C32H62N4O16/c37-11-29(12-38,13-39)33-25(49)23(26(50)34-30(14-40,15-41)16-42)9-7-5-3-1-2-4-6-8-10-24(27(51)35-31(17-43,18-44)19-45)28(52)36-32(20-46,21-47)22-48/h23-24,37-48H,1-22H2,(H,33,49)(H,34,50)(H,35,51)(H,36,52). The van der Waals surface area contributed by atoms with E-state index in [1.54, 1.807) is 0 Å². The van der Waals surface area contributed by atoms with Gasteiger partial charge in [-0.15, -0.1) is 0 Å². The topological polar surface area (TPSA) is 359 Å². The first-order chi connectivity index (χ1) is 24.7. The molecule has 0 aromatic carbocycles. The molecule has 4 amide bonds. The van der Waals surface area contributed by atoms with Crippen molar-refractivity contribution in [2.45, 2.75) is 86.4 Å². The molecule has 0 unspecified atom stereocenters. The zero-order valence-corrected chi connectivity index (χ0v) is 29.7. The monoisotopic (exact) mass is 758 g/mol. The summed E-state index contributed by atoms with van der Waals surface area (Å²) in [6.07, 6.45) is 4.65. The first-order valence-electron chi connectivity index (χ1n) is 17.3. The number of rotatable bonds is 31. The second kappa shape index (κ2) is 25.4. The summed E-state index contributed by atoms with van der Waals surface area (Å²) in [5.74, 6) is -6.56. The van der Waals surface area contributed by atoms with Gasteiger partial charge in [0.25, 0.3) is 0 Å². The second-order valence-corrected chi connectivity index (χ2v) is 13.5. The summed E-state index contributed by atoms with van der Waals surface area (Å²) < 4.78 is 0. The molecule has 0 rings (SSSR count). The fraction of sp³-hybridized carbons (Fsp3) is 0.875. The van der Waals surface area contributed by atoms with Gasteiger partial charge in [0.1, 0.15) is 34.0 Å². The van der Waals surface area contributed by atoms with Gasteiger partial charge in [-0.1, -0.05) is 51.4 Å². The van der Waals surface area contributed by atoms with Crippen LogP contribution in [0.4, 0.5) is 0 Å². The molecule has 0 aromatic heterocycles. The van der Waals surface area contributed by atoms with Gasteiger partial charge < -0.3 is 82.5 Å². The van der Waals surface area contributed by atoms with E-state index >= 15 is 0 Å². The number of aliphatic hydroxyl groups is 12. The lowest BCUT2D eigenvalue weighted by Crippen LogP contribution is -2.62. The van der Waals surface area contributed by atoms with E-state index in [1.165, 1.54) is 0 Å². The Bertz CT molecular complexity index is 855. The molecule has 0 aromatic rings. The Hall–Kier alpha value is -2.60. The maximum absolute atomic E-state index is 13.0. The summed E-state index contributed by atoms with van der Waals surface area (Å²) in [6, 6.07) is 0. The van der Waals surface area contributed by atoms with Gasteiger partial charge in [0, 0.05) is 0 Å².